The third kappa shape index (κ3) is 6.88. The van der Waals surface area contributed by atoms with Gasteiger partial charge in [0, 0.05) is 55.0 Å². The molecule has 0 bridgehead atoms. The van der Waals surface area contributed by atoms with Gasteiger partial charge >= 0.3 is 17.6 Å². The number of carbonyl (C=O) groups is 5. The topological polar surface area (TPSA) is 309 Å². The van der Waals surface area contributed by atoms with Gasteiger partial charge in [0.05, 0.1) is 23.7 Å². The molecule has 1 amide bonds. The van der Waals surface area contributed by atoms with Crippen molar-refractivity contribution in [2.24, 2.45) is 0 Å². The number of anilines is 1. The number of ketones is 2. The zero-order valence-corrected chi connectivity index (χ0v) is 35.8. The fourth-order valence-electron chi connectivity index (χ4n) is 9.78. The summed E-state index contributed by atoms with van der Waals surface area (Å²) in [6.45, 7) is 4.23. The largest absolute Gasteiger partial charge is 0.507 e. The van der Waals surface area contributed by atoms with Gasteiger partial charge in [-0.1, -0.05) is 65.8 Å². The number of carbonyl (C=O) groups excluding carboxylic acids is 5. The number of Topliss-reactive ketones (excluding diaryl/α,β-unsaturated/α-hetero) is 1. The van der Waals surface area contributed by atoms with Gasteiger partial charge in [0.2, 0.25) is 17.3 Å². The van der Waals surface area contributed by atoms with Crippen molar-refractivity contribution in [3.05, 3.63) is 117 Å². The molecule has 3 heterocycles. The van der Waals surface area contributed by atoms with E-state index in [9.17, 15) is 64.5 Å². The summed E-state index contributed by atoms with van der Waals surface area (Å²) in [5.41, 5.74) is -12.3. The lowest BCUT2D eigenvalue weighted by atomic mass is 9.50. The van der Waals surface area contributed by atoms with Crippen LogP contribution in [0.2, 0.25) is 5.02 Å². The molecular formula is C46H42ClNO18. The summed E-state index contributed by atoms with van der Waals surface area (Å²) in [7, 11) is 0. The second-order valence-corrected chi connectivity index (χ2v) is 17.1. The predicted molar refractivity (Wildman–Crippen MR) is 227 cm³/mol. The highest BCUT2D eigenvalue weighted by Crippen LogP contribution is 2.74. The van der Waals surface area contributed by atoms with Crippen LogP contribution in [0.1, 0.15) is 73.7 Å². The number of nitrogens with one attached hydrogen (secondary N) is 1. The van der Waals surface area contributed by atoms with Crippen LogP contribution < -0.4 is 10.9 Å². The number of esters is 2. The normalized spacial score (nSPS) is 32.5. The minimum absolute atomic E-state index is 0.00805. The number of allylic oxidation sites excluding steroid dienone is 6. The molecule has 3 aliphatic carbocycles. The number of aliphatic hydroxyl groups excluding tert-OH is 2. The zero-order valence-electron chi connectivity index (χ0n) is 35.1. The van der Waals surface area contributed by atoms with Gasteiger partial charge in [-0.15, -0.1) is 0 Å². The molecule has 5 aliphatic rings. The van der Waals surface area contributed by atoms with E-state index in [2.05, 4.69) is 5.32 Å². The van der Waals surface area contributed by atoms with Crippen LogP contribution in [0.5, 0.6) is 17.2 Å². The maximum atomic E-state index is 14.4. The Bertz CT molecular complexity index is 2840. The molecule has 3 fully saturated rings. The first-order chi connectivity index (χ1) is 31.1. The maximum absolute atomic E-state index is 14.4. The molecule has 2 aliphatic heterocycles. The van der Waals surface area contributed by atoms with Crippen molar-refractivity contribution in [1.82, 2.24) is 0 Å². The summed E-state index contributed by atoms with van der Waals surface area (Å²) >= 11 is 5.94. The first-order valence-electron chi connectivity index (χ1n) is 20.5. The molecule has 10 atom stereocenters. The monoisotopic (exact) mass is 931 g/mol. The number of aromatic hydroxyl groups is 3. The van der Waals surface area contributed by atoms with E-state index >= 15 is 0 Å². The molecular weight excluding hydrogens is 890 g/mol. The number of halogens is 1. The van der Waals surface area contributed by atoms with Gasteiger partial charge < -0.3 is 64.4 Å². The Kier molecular flexibility index (Phi) is 11.5. The Labute approximate surface area is 378 Å². The van der Waals surface area contributed by atoms with E-state index in [1.54, 1.807) is 6.92 Å². The molecule has 0 spiro atoms. The zero-order chi connectivity index (χ0) is 47.8. The average molecular weight is 932 g/mol. The van der Waals surface area contributed by atoms with Crippen LogP contribution in [0.3, 0.4) is 0 Å². The molecule has 1 unspecified atom stereocenters. The number of phenols is 2. The van der Waals surface area contributed by atoms with Gasteiger partial charge in [0.15, 0.2) is 40.1 Å². The fraction of sp³-hybridized carbons (Fsp3) is 0.348. The van der Waals surface area contributed by atoms with Crippen LogP contribution in [0.4, 0.5) is 5.69 Å². The second kappa shape index (κ2) is 16.5. The number of aliphatic hydroxyl groups is 4. The minimum atomic E-state index is -2.88. The van der Waals surface area contributed by atoms with Crippen molar-refractivity contribution < 1.29 is 83.1 Å². The molecule has 346 valence electrons. The van der Waals surface area contributed by atoms with E-state index in [0.717, 1.165) is 25.2 Å². The van der Waals surface area contributed by atoms with Crippen molar-refractivity contribution in [1.29, 1.82) is 0 Å². The molecule has 2 saturated heterocycles. The molecule has 3 aromatic rings. The summed E-state index contributed by atoms with van der Waals surface area (Å²) in [5.74, 6) is -6.08. The van der Waals surface area contributed by atoms with Gasteiger partial charge in [-0.25, -0.2) is 9.59 Å². The van der Waals surface area contributed by atoms with Gasteiger partial charge in [0.25, 0.3) is 0 Å². The minimum Gasteiger partial charge on any atom is -0.507 e. The van der Waals surface area contributed by atoms with Gasteiger partial charge in [0.1, 0.15) is 34.3 Å². The van der Waals surface area contributed by atoms with Crippen molar-refractivity contribution in [3.8, 4) is 17.2 Å². The molecule has 2 aromatic carbocycles. The highest BCUT2D eigenvalue weighted by molar-refractivity contribution is 6.36. The Balaban J connectivity index is 0.943. The van der Waals surface area contributed by atoms with Crippen molar-refractivity contribution >= 4 is 57.7 Å². The number of rotatable bonds is 9. The highest BCUT2D eigenvalue weighted by atomic mass is 35.5. The smallest absolute Gasteiger partial charge is 0.364 e. The van der Waals surface area contributed by atoms with E-state index in [1.165, 1.54) is 67.6 Å². The number of hydrogen-bond acceptors (Lipinski definition) is 18. The van der Waals surface area contributed by atoms with Crippen LogP contribution in [-0.2, 0) is 38.1 Å². The third-order valence-corrected chi connectivity index (χ3v) is 13.0. The molecule has 1 aromatic heterocycles. The van der Waals surface area contributed by atoms with Gasteiger partial charge in [-0.05, 0) is 32.1 Å². The van der Waals surface area contributed by atoms with E-state index in [0.29, 0.717) is 5.57 Å². The summed E-state index contributed by atoms with van der Waals surface area (Å²) in [6.07, 6.45) is 2.51. The molecule has 66 heavy (non-hydrogen) atoms. The summed E-state index contributed by atoms with van der Waals surface area (Å²) in [5, 5.41) is 80.8. The highest BCUT2D eigenvalue weighted by Gasteiger charge is 2.96. The van der Waals surface area contributed by atoms with Gasteiger partial charge in [-0.2, -0.15) is 0 Å². The van der Waals surface area contributed by atoms with E-state index in [1.807, 2.05) is 0 Å². The van der Waals surface area contributed by atoms with Crippen LogP contribution in [-0.4, -0.2) is 112 Å². The number of amides is 1. The fourth-order valence-corrected chi connectivity index (χ4v) is 9.99. The molecule has 8 N–H and O–H groups in total. The Morgan fingerprint density at radius 3 is 2.30 bits per heavy atom. The van der Waals surface area contributed by atoms with Crippen molar-refractivity contribution in [2.75, 3.05) is 5.32 Å². The van der Waals surface area contributed by atoms with Crippen LogP contribution in [0.25, 0.3) is 11.0 Å². The van der Waals surface area contributed by atoms with E-state index in [4.69, 9.17) is 35.0 Å². The Hall–Kier alpha value is -6.45. The van der Waals surface area contributed by atoms with E-state index < -0.39 is 118 Å². The molecule has 8 rings (SSSR count). The Morgan fingerprint density at radius 2 is 1.61 bits per heavy atom. The lowest BCUT2D eigenvalue weighted by Gasteiger charge is -2.54. The molecule has 0 radical (unpaired) electrons. The number of fused-ring (bicyclic) bond motifs is 3. The molecule has 1 saturated carbocycles. The number of ether oxygens (including phenoxy) is 4. The summed E-state index contributed by atoms with van der Waals surface area (Å²) in [4.78, 5) is 77.7. The summed E-state index contributed by atoms with van der Waals surface area (Å²) in [6, 6.07) is 4.95. The van der Waals surface area contributed by atoms with Crippen LogP contribution in [0.15, 0.2) is 93.7 Å². The molecule has 20 heteroatoms. The first kappa shape index (κ1) is 46.1. The van der Waals surface area contributed by atoms with Crippen LogP contribution in [0, 0.1) is 0 Å². The van der Waals surface area contributed by atoms with Gasteiger partial charge in [-0.3, -0.25) is 19.2 Å². The lowest BCUT2D eigenvalue weighted by Crippen LogP contribution is -2.78. The standard InChI is InChI=1S/C46H42ClNO18/c1-20-16-29(51)45(61)43(60,18-20)19-30(52)44-41(58)33-24(40(57)46(44,45)66-44)13-12-23(36(33)55)27-17-28(38(21(2)62-27)63-22(3)49)64-32(54)11-9-7-5-4-6-8-10-31(53)48-35-37(56)25-14-15-26(50)34(47)39(25)65-42(35)59/h4-16,21,27-28,30,38,41,50,52,55-56,58,60-61H,17-19H2,1-3H3,(H,48,53)/b6-4+,7-5+,10-8+,11-9+/t21-,27?,28-,30+,38-,41+,43-,44-,45-,46+/m1/s1. The first-order valence-corrected chi connectivity index (χ1v) is 20.8. The van der Waals surface area contributed by atoms with Crippen LogP contribution >= 0.6 is 11.6 Å². The quantitative estimate of drug-likeness (QED) is 0.0503. The number of hydrogen-bond donors (Lipinski definition) is 8. The van der Waals surface area contributed by atoms with Crippen molar-refractivity contribution in [3.63, 3.8) is 0 Å². The SMILES string of the molecule is CC(=O)O[C@@H]1[C@@H](C)OC(c2ccc3c(c2O)[C@H](O)[C@@]24O[C@]2(C3=O)[C@@]2(O)C(=O)C=C(C)C[C@@]2(O)C[C@@H]4O)C[C@H]1OC(=O)/C=C/C=C/C=C/C=C/C(=O)Nc1c(O)c2ccc(O)c(Cl)c2oc1=O. The third-order valence-electron chi connectivity index (χ3n) is 12.7. The predicted octanol–water partition coefficient (Wildman–Crippen LogP) is 3.00. The number of epoxide rings is 1. The van der Waals surface area contributed by atoms with E-state index in [-0.39, 0.29) is 51.3 Å². The average Bonchev–Trinajstić information content (AvgIpc) is 3.98. The number of benzene rings is 2. The van der Waals surface area contributed by atoms with Crippen molar-refractivity contribution in [2.45, 2.75) is 99.1 Å². The lowest BCUT2D eigenvalue weighted by molar-refractivity contribution is -0.210. The number of phenolic OH excluding ortho intramolecular Hbond substituents is 2. The Morgan fingerprint density at radius 1 is 0.924 bits per heavy atom. The molecule has 19 nitrogen and oxygen atoms in total. The summed E-state index contributed by atoms with van der Waals surface area (Å²) < 4.78 is 28.2. The second-order valence-electron chi connectivity index (χ2n) is 16.7. The maximum Gasteiger partial charge on any atom is 0.364 e.